The highest BCUT2D eigenvalue weighted by Crippen LogP contribution is 2.38. The van der Waals surface area contributed by atoms with Crippen LogP contribution < -0.4 is 10.1 Å². The van der Waals surface area contributed by atoms with Gasteiger partial charge >= 0.3 is 0 Å². The lowest BCUT2D eigenvalue weighted by atomic mass is 9.79. The van der Waals surface area contributed by atoms with Gasteiger partial charge < -0.3 is 10.1 Å². The number of hydrogen-bond acceptors (Lipinski definition) is 3. The summed E-state index contributed by atoms with van der Waals surface area (Å²) in [5.41, 5.74) is 5.83. The van der Waals surface area contributed by atoms with Crippen molar-refractivity contribution in [3.63, 3.8) is 0 Å². The Balaban J connectivity index is 0.00000380. The van der Waals surface area contributed by atoms with Gasteiger partial charge in [-0.3, -0.25) is 9.69 Å². The van der Waals surface area contributed by atoms with Gasteiger partial charge in [0.25, 0.3) is 5.91 Å². The van der Waals surface area contributed by atoms with E-state index in [9.17, 15) is 4.79 Å². The van der Waals surface area contributed by atoms with Gasteiger partial charge in [-0.2, -0.15) is 0 Å². The van der Waals surface area contributed by atoms with Crippen molar-refractivity contribution in [2.24, 2.45) is 0 Å². The number of unbranched alkanes of at least 4 members (excludes halogenated alkanes) is 1. The van der Waals surface area contributed by atoms with E-state index in [2.05, 4.69) is 54.4 Å². The highest BCUT2D eigenvalue weighted by molar-refractivity contribution is 5.94. The van der Waals surface area contributed by atoms with Crippen molar-refractivity contribution in [1.29, 1.82) is 0 Å². The Morgan fingerprint density at radius 1 is 0.946 bits per heavy atom. The molecule has 0 unspecified atom stereocenters. The van der Waals surface area contributed by atoms with Crippen LogP contribution in [-0.2, 0) is 6.42 Å². The fourth-order valence-electron chi connectivity index (χ4n) is 5.64. The van der Waals surface area contributed by atoms with Gasteiger partial charge in [0.2, 0.25) is 0 Å². The summed E-state index contributed by atoms with van der Waals surface area (Å²) in [6.45, 7) is 7.53. The molecule has 4 rings (SSSR count). The Kier molecular flexibility index (Phi) is 11.0. The summed E-state index contributed by atoms with van der Waals surface area (Å²) in [4.78, 5) is 15.3. The number of ether oxygens (including phenoxy) is 1. The standard InChI is InChI=1S/C32H40N2O2.ClH/c1-4-22-34(30-20-19-29-28(24(30)2)13-10-14-31(29)36-3)23-9-8-21-33-32(35)27-17-15-26(16-18-27)25-11-6-5-7-12-25;/h5-7,10-18,24,30H,4,8-9,19-23H2,1-3H3,(H,33,35);1H/t24-,30+;/m0./s1. The second kappa shape index (κ2) is 14.2. The summed E-state index contributed by atoms with van der Waals surface area (Å²) in [5.74, 6) is 1.53. The zero-order valence-corrected chi connectivity index (χ0v) is 23.2. The Labute approximate surface area is 228 Å². The zero-order valence-electron chi connectivity index (χ0n) is 22.4. The van der Waals surface area contributed by atoms with Gasteiger partial charge in [0.05, 0.1) is 7.11 Å². The summed E-state index contributed by atoms with van der Waals surface area (Å²) in [7, 11) is 1.77. The van der Waals surface area contributed by atoms with Crippen LogP contribution in [0.4, 0.5) is 0 Å². The Morgan fingerprint density at radius 2 is 1.68 bits per heavy atom. The maximum Gasteiger partial charge on any atom is 0.251 e. The molecule has 1 aliphatic carbocycles. The van der Waals surface area contributed by atoms with Crippen LogP contribution in [0.1, 0.15) is 66.9 Å². The highest BCUT2D eigenvalue weighted by Gasteiger charge is 2.31. The lowest BCUT2D eigenvalue weighted by molar-refractivity contribution is 0.0951. The van der Waals surface area contributed by atoms with E-state index in [-0.39, 0.29) is 18.3 Å². The predicted molar refractivity (Wildman–Crippen MR) is 156 cm³/mol. The third-order valence-corrected chi connectivity index (χ3v) is 7.54. The molecular formula is C32H41ClN2O2. The van der Waals surface area contributed by atoms with Gasteiger partial charge in [-0.05, 0) is 91.6 Å². The van der Waals surface area contributed by atoms with E-state index in [1.165, 1.54) is 17.5 Å². The van der Waals surface area contributed by atoms with Crippen LogP contribution in [0.2, 0.25) is 0 Å². The fourth-order valence-corrected chi connectivity index (χ4v) is 5.64. The summed E-state index contributed by atoms with van der Waals surface area (Å²) in [5, 5.41) is 3.11. The molecule has 1 N–H and O–H groups in total. The number of halogens is 1. The molecule has 0 aliphatic heterocycles. The minimum absolute atomic E-state index is 0. The molecule has 2 atom stereocenters. The first kappa shape index (κ1) is 28.7. The summed E-state index contributed by atoms with van der Waals surface area (Å²) in [6, 6.07) is 25.2. The van der Waals surface area contributed by atoms with E-state index in [1.807, 2.05) is 42.5 Å². The largest absolute Gasteiger partial charge is 0.496 e. The van der Waals surface area contributed by atoms with E-state index in [4.69, 9.17) is 4.74 Å². The molecule has 198 valence electrons. The number of amides is 1. The monoisotopic (exact) mass is 520 g/mol. The van der Waals surface area contributed by atoms with Crippen LogP contribution in [0.3, 0.4) is 0 Å². The van der Waals surface area contributed by atoms with Crippen molar-refractivity contribution in [2.75, 3.05) is 26.7 Å². The zero-order chi connectivity index (χ0) is 25.3. The van der Waals surface area contributed by atoms with Gasteiger partial charge in [0, 0.05) is 18.2 Å². The van der Waals surface area contributed by atoms with Crippen LogP contribution in [0.15, 0.2) is 72.8 Å². The molecule has 0 saturated heterocycles. The van der Waals surface area contributed by atoms with E-state index < -0.39 is 0 Å². The van der Waals surface area contributed by atoms with Crippen molar-refractivity contribution in [3.05, 3.63) is 89.5 Å². The van der Waals surface area contributed by atoms with Crippen LogP contribution in [0, 0.1) is 0 Å². The van der Waals surface area contributed by atoms with E-state index in [0.29, 0.717) is 24.1 Å². The maximum absolute atomic E-state index is 12.6. The lowest BCUT2D eigenvalue weighted by Crippen LogP contribution is -2.42. The Bertz CT molecular complexity index is 1120. The number of carbonyl (C=O) groups excluding carboxylic acids is 1. The molecule has 4 nitrogen and oxygen atoms in total. The van der Waals surface area contributed by atoms with E-state index in [1.54, 1.807) is 7.11 Å². The number of nitrogens with zero attached hydrogens (tertiary/aromatic N) is 1. The van der Waals surface area contributed by atoms with Crippen molar-refractivity contribution in [3.8, 4) is 16.9 Å². The average Bonchev–Trinajstić information content (AvgIpc) is 2.93. The van der Waals surface area contributed by atoms with Crippen LogP contribution in [0.25, 0.3) is 11.1 Å². The number of benzene rings is 3. The molecule has 0 spiro atoms. The third kappa shape index (κ3) is 7.15. The quantitative estimate of drug-likeness (QED) is 0.273. The first-order valence-corrected chi connectivity index (χ1v) is 13.5. The summed E-state index contributed by atoms with van der Waals surface area (Å²) < 4.78 is 5.63. The second-order valence-electron chi connectivity index (χ2n) is 9.87. The first-order chi connectivity index (χ1) is 17.6. The lowest BCUT2D eigenvalue weighted by Gasteiger charge is -2.40. The molecule has 3 aromatic carbocycles. The molecule has 0 heterocycles. The van der Waals surface area contributed by atoms with Crippen LogP contribution in [-0.4, -0.2) is 43.6 Å². The van der Waals surface area contributed by atoms with Crippen LogP contribution in [0.5, 0.6) is 5.75 Å². The molecular weight excluding hydrogens is 480 g/mol. The number of rotatable bonds is 11. The molecule has 0 radical (unpaired) electrons. The average molecular weight is 521 g/mol. The Hall–Kier alpha value is -2.82. The molecule has 0 aromatic heterocycles. The summed E-state index contributed by atoms with van der Waals surface area (Å²) >= 11 is 0. The third-order valence-electron chi connectivity index (χ3n) is 7.54. The molecule has 5 heteroatoms. The smallest absolute Gasteiger partial charge is 0.251 e. The first-order valence-electron chi connectivity index (χ1n) is 13.5. The van der Waals surface area contributed by atoms with Crippen molar-refractivity contribution in [2.45, 2.75) is 57.9 Å². The molecule has 37 heavy (non-hydrogen) atoms. The Morgan fingerprint density at radius 3 is 2.38 bits per heavy atom. The molecule has 0 saturated carbocycles. The van der Waals surface area contributed by atoms with E-state index in [0.717, 1.165) is 55.6 Å². The second-order valence-corrected chi connectivity index (χ2v) is 9.87. The number of carbonyl (C=O) groups is 1. The maximum atomic E-state index is 12.6. The van der Waals surface area contributed by atoms with Gasteiger partial charge in [0.1, 0.15) is 5.75 Å². The van der Waals surface area contributed by atoms with Gasteiger partial charge in [0.15, 0.2) is 0 Å². The topological polar surface area (TPSA) is 41.6 Å². The van der Waals surface area contributed by atoms with Crippen molar-refractivity contribution in [1.82, 2.24) is 10.2 Å². The highest BCUT2D eigenvalue weighted by atomic mass is 35.5. The number of nitrogens with one attached hydrogen (secondary N) is 1. The molecule has 1 aliphatic rings. The minimum atomic E-state index is 0. The van der Waals surface area contributed by atoms with Gasteiger partial charge in [-0.1, -0.05) is 68.4 Å². The normalized spacial score (nSPS) is 16.5. The van der Waals surface area contributed by atoms with Crippen molar-refractivity contribution < 1.29 is 9.53 Å². The summed E-state index contributed by atoms with van der Waals surface area (Å²) in [6.07, 6.45) is 5.48. The molecule has 0 fully saturated rings. The molecule has 1 amide bonds. The minimum Gasteiger partial charge on any atom is -0.496 e. The van der Waals surface area contributed by atoms with Crippen molar-refractivity contribution >= 4 is 18.3 Å². The predicted octanol–water partition coefficient (Wildman–Crippen LogP) is 7.12. The number of hydrogen-bond donors (Lipinski definition) is 1. The SMILES string of the molecule is CCCN(CCCCNC(=O)c1ccc(-c2ccccc2)cc1)[C@@H]1CCc2c(OC)cccc2[C@@H]1C.Cl. The number of methoxy groups -OCH3 is 1. The van der Waals surface area contributed by atoms with Gasteiger partial charge in [-0.25, -0.2) is 0 Å². The van der Waals surface area contributed by atoms with E-state index >= 15 is 0 Å². The van der Waals surface area contributed by atoms with Gasteiger partial charge in [-0.15, -0.1) is 12.4 Å². The number of fused-ring (bicyclic) bond motifs is 1. The van der Waals surface area contributed by atoms with Crippen LogP contribution >= 0.6 is 12.4 Å². The fraction of sp³-hybridized carbons (Fsp3) is 0.406. The molecule has 3 aromatic rings. The molecule has 0 bridgehead atoms.